The van der Waals surface area contributed by atoms with Gasteiger partial charge in [-0.3, -0.25) is 10.1 Å². The van der Waals surface area contributed by atoms with E-state index in [9.17, 15) is 10.1 Å². The fourth-order valence-electron chi connectivity index (χ4n) is 4.53. The molecular formula is C19H25N2O3+. The van der Waals surface area contributed by atoms with Crippen molar-refractivity contribution in [3.8, 4) is 5.75 Å². The summed E-state index contributed by atoms with van der Waals surface area (Å²) in [4.78, 5) is 10.7. The van der Waals surface area contributed by atoms with Crippen molar-refractivity contribution < 1.29 is 15.0 Å². The molecule has 24 heavy (non-hydrogen) atoms. The van der Waals surface area contributed by atoms with Crippen molar-refractivity contribution in [3.05, 3.63) is 39.4 Å². The van der Waals surface area contributed by atoms with Crippen LogP contribution in [0.4, 0.5) is 5.69 Å². The van der Waals surface area contributed by atoms with Crippen LogP contribution in [0, 0.1) is 10.1 Å². The van der Waals surface area contributed by atoms with E-state index >= 15 is 0 Å². The Morgan fingerprint density at radius 2 is 2.00 bits per heavy atom. The van der Waals surface area contributed by atoms with E-state index in [2.05, 4.69) is 11.4 Å². The van der Waals surface area contributed by atoms with Gasteiger partial charge in [0.25, 0.3) is 11.4 Å². The Balaban J connectivity index is 1.66. The van der Waals surface area contributed by atoms with Gasteiger partial charge >= 0.3 is 0 Å². The van der Waals surface area contributed by atoms with E-state index in [1.807, 2.05) is 0 Å². The second-order valence-corrected chi connectivity index (χ2v) is 7.41. The Hall–Kier alpha value is -1.88. The number of ether oxygens (including phenoxy) is 1. The van der Waals surface area contributed by atoms with Crippen LogP contribution in [0.3, 0.4) is 0 Å². The van der Waals surface area contributed by atoms with Gasteiger partial charge < -0.3 is 10.1 Å². The van der Waals surface area contributed by atoms with Crippen LogP contribution in [0.1, 0.15) is 63.4 Å². The Bertz CT molecular complexity index is 679. The monoisotopic (exact) mass is 329 g/mol. The summed E-state index contributed by atoms with van der Waals surface area (Å²) >= 11 is 0. The van der Waals surface area contributed by atoms with E-state index in [1.165, 1.54) is 50.5 Å². The van der Waals surface area contributed by atoms with Gasteiger partial charge in [-0.1, -0.05) is 6.42 Å². The summed E-state index contributed by atoms with van der Waals surface area (Å²) < 4.78 is 6.51. The quantitative estimate of drug-likeness (QED) is 0.681. The van der Waals surface area contributed by atoms with Crippen LogP contribution in [0.5, 0.6) is 5.75 Å². The molecule has 1 heterocycles. The van der Waals surface area contributed by atoms with Gasteiger partial charge in [-0.15, -0.1) is 0 Å². The largest absolute Gasteiger partial charge is 0.436 e. The summed E-state index contributed by atoms with van der Waals surface area (Å²) in [5.41, 5.74) is 2.03. The molecule has 0 unspecified atom stereocenters. The summed E-state index contributed by atoms with van der Waals surface area (Å²) in [7, 11) is 0. The molecule has 5 nitrogen and oxygen atoms in total. The molecule has 128 valence electrons. The van der Waals surface area contributed by atoms with Gasteiger partial charge in [-0.2, -0.15) is 0 Å². The van der Waals surface area contributed by atoms with Crippen LogP contribution in [0.2, 0.25) is 0 Å². The molecule has 1 aromatic carbocycles. The third-order valence-corrected chi connectivity index (χ3v) is 5.77. The van der Waals surface area contributed by atoms with Gasteiger partial charge in [0.05, 0.1) is 11.0 Å². The van der Waals surface area contributed by atoms with Crippen LogP contribution in [0.15, 0.2) is 23.8 Å². The molecule has 0 bridgehead atoms. The lowest BCUT2D eigenvalue weighted by Gasteiger charge is -2.42. The van der Waals surface area contributed by atoms with Crippen molar-refractivity contribution >= 4 is 11.8 Å². The summed E-state index contributed by atoms with van der Waals surface area (Å²) in [6.45, 7) is 0. The first kappa shape index (κ1) is 15.6. The topological polar surface area (TPSA) is 69.0 Å². The molecule has 0 amide bonds. The number of nitro benzene ring substituents is 1. The lowest BCUT2D eigenvalue weighted by atomic mass is 9.81. The fourth-order valence-corrected chi connectivity index (χ4v) is 4.53. The fraction of sp³-hybridized carbons (Fsp3) is 0.579. The zero-order chi connectivity index (χ0) is 16.6. The van der Waals surface area contributed by atoms with E-state index in [0.29, 0.717) is 6.04 Å². The molecule has 2 N–H and O–H groups in total. The number of nitrogens with two attached hydrogens (primary N) is 1. The van der Waals surface area contributed by atoms with Crippen molar-refractivity contribution in [3.63, 3.8) is 0 Å². The van der Waals surface area contributed by atoms with E-state index in [0.717, 1.165) is 24.2 Å². The van der Waals surface area contributed by atoms with Crippen molar-refractivity contribution in [2.75, 3.05) is 0 Å². The molecule has 0 aromatic heterocycles. The Labute approximate surface area is 142 Å². The Morgan fingerprint density at radius 1 is 1.17 bits per heavy atom. The minimum atomic E-state index is -0.338. The molecule has 0 spiro atoms. The summed E-state index contributed by atoms with van der Waals surface area (Å²) in [6, 6.07) is 5.60. The van der Waals surface area contributed by atoms with Gasteiger partial charge in [0.1, 0.15) is 5.75 Å². The first-order valence-corrected chi connectivity index (χ1v) is 9.21. The lowest BCUT2D eigenvalue weighted by Crippen LogP contribution is -3.03. The molecule has 1 aliphatic heterocycles. The molecule has 1 atom stereocenters. The van der Waals surface area contributed by atoms with Gasteiger partial charge in [0.2, 0.25) is 0 Å². The molecule has 0 saturated heterocycles. The zero-order valence-corrected chi connectivity index (χ0v) is 14.0. The summed E-state index contributed by atoms with van der Waals surface area (Å²) in [5, 5.41) is 13.5. The van der Waals surface area contributed by atoms with Crippen LogP contribution in [-0.2, 0) is 0 Å². The first-order valence-electron chi connectivity index (χ1n) is 9.21. The first-order chi connectivity index (χ1) is 11.7. The molecule has 3 aliphatic rings. The van der Waals surface area contributed by atoms with Gasteiger partial charge in [-0.05, 0) is 57.1 Å². The van der Waals surface area contributed by atoms with Crippen LogP contribution >= 0.6 is 0 Å². The third kappa shape index (κ3) is 2.81. The molecule has 4 rings (SSSR count). The van der Waals surface area contributed by atoms with Crippen LogP contribution in [0.25, 0.3) is 6.08 Å². The maximum Gasteiger partial charge on any atom is 0.270 e. The maximum atomic E-state index is 11.0. The van der Waals surface area contributed by atoms with Crippen LogP contribution < -0.4 is 10.1 Å². The standard InChI is InChI=1S/C19H24N2O3/c22-21(23)17-9-10-18-14(13-17)12-15-6-4-5-11-19(15,24-18)20-16-7-2-1-3-8-16/h9-10,12-13,16,20H,1-8,11H2/p+1/t19-/m0/s1. The molecule has 2 saturated carbocycles. The average Bonchev–Trinajstić information content (AvgIpc) is 2.60. The molecule has 2 fully saturated rings. The highest BCUT2D eigenvalue weighted by molar-refractivity contribution is 5.66. The molecular weight excluding hydrogens is 304 g/mol. The Kier molecular flexibility index (Phi) is 4.04. The van der Waals surface area contributed by atoms with E-state index < -0.39 is 0 Å². The summed E-state index contributed by atoms with van der Waals surface area (Å²) in [6.07, 6.45) is 13.1. The zero-order valence-electron chi connectivity index (χ0n) is 14.0. The van der Waals surface area contributed by atoms with E-state index in [1.54, 1.807) is 18.2 Å². The average molecular weight is 329 g/mol. The number of quaternary nitrogens is 1. The van der Waals surface area contributed by atoms with E-state index in [4.69, 9.17) is 4.74 Å². The van der Waals surface area contributed by atoms with Crippen molar-refractivity contribution in [2.45, 2.75) is 69.6 Å². The van der Waals surface area contributed by atoms with E-state index in [-0.39, 0.29) is 16.3 Å². The normalized spacial score (nSPS) is 26.8. The van der Waals surface area contributed by atoms with Gasteiger partial charge in [-0.25, -0.2) is 0 Å². The van der Waals surface area contributed by atoms with Gasteiger partial charge in [0.15, 0.2) is 0 Å². The number of benzene rings is 1. The summed E-state index contributed by atoms with van der Waals surface area (Å²) in [5.74, 6) is 0.790. The number of non-ortho nitro benzene ring substituents is 1. The molecule has 2 aliphatic carbocycles. The highest BCUT2D eigenvalue weighted by atomic mass is 16.6. The van der Waals surface area contributed by atoms with Crippen LogP contribution in [-0.4, -0.2) is 16.7 Å². The lowest BCUT2D eigenvalue weighted by molar-refractivity contribution is -0.782. The number of nitrogens with zero attached hydrogens (tertiary/aromatic N) is 1. The number of hydrogen-bond acceptors (Lipinski definition) is 3. The minimum absolute atomic E-state index is 0.133. The number of fused-ring (bicyclic) bond motifs is 2. The molecule has 0 radical (unpaired) electrons. The predicted octanol–water partition coefficient (Wildman–Crippen LogP) is 3.54. The molecule has 1 aromatic rings. The second-order valence-electron chi connectivity index (χ2n) is 7.41. The number of hydrogen-bond donors (Lipinski definition) is 1. The van der Waals surface area contributed by atoms with Crippen molar-refractivity contribution in [1.82, 2.24) is 0 Å². The predicted molar refractivity (Wildman–Crippen MR) is 91.7 cm³/mol. The molecule has 5 heteroatoms. The highest BCUT2D eigenvalue weighted by Gasteiger charge is 2.46. The Morgan fingerprint density at radius 3 is 2.79 bits per heavy atom. The number of rotatable bonds is 3. The van der Waals surface area contributed by atoms with Gasteiger partial charge in [0, 0.05) is 29.7 Å². The highest BCUT2D eigenvalue weighted by Crippen LogP contribution is 2.41. The third-order valence-electron chi connectivity index (χ3n) is 5.77. The van der Waals surface area contributed by atoms with Crippen molar-refractivity contribution in [1.29, 1.82) is 0 Å². The minimum Gasteiger partial charge on any atom is -0.436 e. The number of nitro groups is 1. The smallest absolute Gasteiger partial charge is 0.270 e. The van der Waals surface area contributed by atoms with Crippen molar-refractivity contribution in [2.24, 2.45) is 0 Å². The second kappa shape index (κ2) is 6.20. The SMILES string of the molecule is O=[N+]([O-])c1ccc2c(c1)C=C1CCCC[C@]1([NH2+]C1CCCCC1)O2. The maximum absolute atomic E-state index is 11.0.